The van der Waals surface area contributed by atoms with Crippen molar-refractivity contribution < 1.29 is 4.74 Å². The summed E-state index contributed by atoms with van der Waals surface area (Å²) in [6.07, 6.45) is 6.05. The van der Waals surface area contributed by atoms with Gasteiger partial charge in [0.15, 0.2) is 0 Å². The number of terminal acetylenes is 1. The van der Waals surface area contributed by atoms with Crippen molar-refractivity contribution in [3.63, 3.8) is 0 Å². The summed E-state index contributed by atoms with van der Waals surface area (Å²) in [6.45, 7) is 2.51. The molecule has 92 valence electrons. The lowest BCUT2D eigenvalue weighted by molar-refractivity contribution is 0.199. The maximum absolute atomic E-state index is 5.23. The summed E-state index contributed by atoms with van der Waals surface area (Å²) in [5.41, 5.74) is 1.30. The number of rotatable bonds is 8. The quantitative estimate of drug-likeness (QED) is 0.434. The molecule has 0 amide bonds. The average molecular weight is 249 g/mol. The van der Waals surface area contributed by atoms with Crippen LogP contribution in [0.25, 0.3) is 0 Å². The summed E-state index contributed by atoms with van der Waals surface area (Å²) in [4.78, 5) is 1.28. The lowest BCUT2D eigenvalue weighted by Crippen LogP contribution is -2.18. The Morgan fingerprint density at radius 2 is 2.35 bits per heavy atom. The Labute approximate surface area is 108 Å². The Morgan fingerprint density at radius 3 is 3.12 bits per heavy atom. The molecule has 0 aliphatic heterocycles. The molecule has 0 aliphatic rings. The highest BCUT2D eigenvalue weighted by Gasteiger charge is 1.96. The van der Waals surface area contributed by atoms with Gasteiger partial charge in [0.2, 0.25) is 0 Å². The van der Waals surface area contributed by atoms with Crippen LogP contribution in [0.3, 0.4) is 0 Å². The standard InChI is InChI=1S/C14H19NOS/c1-3-4-10-17-14-7-5-6-13(11-14)12-15-8-9-16-2/h1,5-7,11,15H,4,8-10,12H2,2H3. The summed E-state index contributed by atoms with van der Waals surface area (Å²) < 4.78 is 4.98. The molecule has 1 N–H and O–H groups in total. The maximum atomic E-state index is 5.23. The van der Waals surface area contributed by atoms with E-state index in [4.69, 9.17) is 11.2 Å². The first kappa shape index (κ1) is 14.1. The molecule has 2 nitrogen and oxygen atoms in total. The smallest absolute Gasteiger partial charge is 0.0587 e. The van der Waals surface area contributed by atoms with Crippen LogP contribution in [0.4, 0.5) is 0 Å². The van der Waals surface area contributed by atoms with Crippen LogP contribution in [-0.2, 0) is 11.3 Å². The van der Waals surface area contributed by atoms with Gasteiger partial charge >= 0.3 is 0 Å². The van der Waals surface area contributed by atoms with Gasteiger partial charge in [-0.25, -0.2) is 0 Å². The minimum atomic E-state index is 0.747. The van der Waals surface area contributed by atoms with Crippen molar-refractivity contribution in [1.29, 1.82) is 0 Å². The number of thioether (sulfide) groups is 1. The zero-order chi connectivity index (χ0) is 12.3. The highest BCUT2D eigenvalue weighted by Crippen LogP contribution is 2.19. The summed E-state index contributed by atoms with van der Waals surface area (Å²) in [7, 11) is 1.71. The van der Waals surface area contributed by atoms with E-state index in [2.05, 4.69) is 35.5 Å². The Kier molecular flexibility index (Phi) is 7.57. The Morgan fingerprint density at radius 1 is 1.47 bits per heavy atom. The van der Waals surface area contributed by atoms with Crippen molar-refractivity contribution in [3.8, 4) is 12.3 Å². The summed E-state index contributed by atoms with van der Waals surface area (Å²) in [5, 5.41) is 3.33. The second kappa shape index (κ2) is 9.12. The van der Waals surface area contributed by atoms with Gasteiger partial charge in [-0.1, -0.05) is 12.1 Å². The highest BCUT2D eigenvalue weighted by atomic mass is 32.2. The molecule has 0 radical (unpaired) electrons. The lowest BCUT2D eigenvalue weighted by atomic mass is 10.2. The predicted octanol–water partition coefficient (Wildman–Crippen LogP) is 2.54. The molecule has 0 saturated heterocycles. The first-order chi connectivity index (χ1) is 8.36. The van der Waals surface area contributed by atoms with Gasteiger partial charge in [0.1, 0.15) is 0 Å². The predicted molar refractivity (Wildman–Crippen MR) is 74.2 cm³/mol. The second-order valence-electron chi connectivity index (χ2n) is 3.62. The van der Waals surface area contributed by atoms with Gasteiger partial charge in [0.25, 0.3) is 0 Å². The third-order valence-corrected chi connectivity index (χ3v) is 3.22. The molecule has 1 aromatic carbocycles. The van der Waals surface area contributed by atoms with Crippen molar-refractivity contribution in [3.05, 3.63) is 29.8 Å². The average Bonchev–Trinajstić information content (AvgIpc) is 2.36. The summed E-state index contributed by atoms with van der Waals surface area (Å²) in [5.74, 6) is 3.64. The van der Waals surface area contributed by atoms with Gasteiger partial charge < -0.3 is 10.1 Å². The Balaban J connectivity index is 2.34. The number of nitrogens with one attached hydrogen (secondary N) is 1. The van der Waals surface area contributed by atoms with Crippen LogP contribution in [0.2, 0.25) is 0 Å². The molecular weight excluding hydrogens is 230 g/mol. The topological polar surface area (TPSA) is 21.3 Å². The first-order valence-corrected chi connectivity index (χ1v) is 6.70. The van der Waals surface area contributed by atoms with E-state index in [1.807, 2.05) is 11.8 Å². The van der Waals surface area contributed by atoms with Crippen LogP contribution in [0, 0.1) is 12.3 Å². The molecule has 0 fully saturated rings. The molecule has 0 unspecified atom stereocenters. The van der Waals surface area contributed by atoms with Crippen LogP contribution in [0.15, 0.2) is 29.2 Å². The Bertz CT molecular complexity index is 359. The van der Waals surface area contributed by atoms with E-state index in [0.29, 0.717) is 0 Å². The van der Waals surface area contributed by atoms with Crippen LogP contribution in [0.5, 0.6) is 0 Å². The number of benzene rings is 1. The zero-order valence-electron chi connectivity index (χ0n) is 10.2. The molecule has 0 atom stereocenters. The molecule has 0 aliphatic carbocycles. The monoisotopic (exact) mass is 249 g/mol. The van der Waals surface area contributed by atoms with Gasteiger partial charge in [0.05, 0.1) is 6.61 Å². The van der Waals surface area contributed by atoms with E-state index in [0.717, 1.165) is 31.9 Å². The number of ether oxygens (including phenoxy) is 1. The minimum Gasteiger partial charge on any atom is -0.383 e. The van der Waals surface area contributed by atoms with Crippen molar-refractivity contribution >= 4 is 11.8 Å². The van der Waals surface area contributed by atoms with Gasteiger partial charge in [-0.15, -0.1) is 24.1 Å². The first-order valence-electron chi connectivity index (χ1n) is 5.71. The summed E-state index contributed by atoms with van der Waals surface area (Å²) in [6, 6.07) is 8.55. The fraction of sp³-hybridized carbons (Fsp3) is 0.429. The van der Waals surface area contributed by atoms with E-state index in [1.165, 1.54) is 10.5 Å². The van der Waals surface area contributed by atoms with E-state index in [9.17, 15) is 0 Å². The van der Waals surface area contributed by atoms with E-state index >= 15 is 0 Å². The van der Waals surface area contributed by atoms with Crippen molar-refractivity contribution in [2.45, 2.75) is 17.9 Å². The fourth-order valence-corrected chi connectivity index (χ4v) is 2.25. The highest BCUT2D eigenvalue weighted by molar-refractivity contribution is 7.99. The third-order valence-electron chi connectivity index (χ3n) is 2.23. The summed E-state index contributed by atoms with van der Waals surface area (Å²) >= 11 is 1.81. The lowest BCUT2D eigenvalue weighted by Gasteiger charge is -2.06. The molecule has 17 heavy (non-hydrogen) atoms. The van der Waals surface area contributed by atoms with Crippen LogP contribution in [-0.4, -0.2) is 26.0 Å². The van der Waals surface area contributed by atoms with Gasteiger partial charge in [-0.2, -0.15) is 0 Å². The van der Waals surface area contributed by atoms with Gasteiger partial charge in [0, 0.05) is 37.3 Å². The minimum absolute atomic E-state index is 0.747. The zero-order valence-corrected chi connectivity index (χ0v) is 11.1. The van der Waals surface area contributed by atoms with Crippen LogP contribution < -0.4 is 5.32 Å². The maximum Gasteiger partial charge on any atom is 0.0587 e. The molecule has 1 rings (SSSR count). The van der Waals surface area contributed by atoms with E-state index in [-0.39, 0.29) is 0 Å². The Hall–Kier alpha value is -0.950. The molecule has 0 spiro atoms. The molecular formula is C14H19NOS. The normalized spacial score (nSPS) is 10.1. The largest absolute Gasteiger partial charge is 0.383 e. The SMILES string of the molecule is C#CCCSc1cccc(CNCCOC)c1. The van der Waals surface area contributed by atoms with Crippen LogP contribution >= 0.6 is 11.8 Å². The van der Waals surface area contributed by atoms with E-state index < -0.39 is 0 Å². The van der Waals surface area contributed by atoms with Gasteiger partial charge in [-0.3, -0.25) is 0 Å². The second-order valence-corrected chi connectivity index (χ2v) is 4.79. The molecule has 0 aromatic heterocycles. The van der Waals surface area contributed by atoms with Crippen molar-refractivity contribution in [1.82, 2.24) is 5.32 Å². The molecule has 0 bridgehead atoms. The molecule has 3 heteroatoms. The van der Waals surface area contributed by atoms with E-state index in [1.54, 1.807) is 7.11 Å². The van der Waals surface area contributed by atoms with Crippen molar-refractivity contribution in [2.75, 3.05) is 26.0 Å². The third kappa shape index (κ3) is 6.38. The van der Waals surface area contributed by atoms with Crippen molar-refractivity contribution in [2.24, 2.45) is 0 Å². The van der Waals surface area contributed by atoms with Gasteiger partial charge in [-0.05, 0) is 17.7 Å². The van der Waals surface area contributed by atoms with Crippen LogP contribution in [0.1, 0.15) is 12.0 Å². The molecule has 1 aromatic rings. The number of methoxy groups -OCH3 is 1. The number of hydrogen-bond donors (Lipinski definition) is 1. The molecule has 0 saturated carbocycles. The molecule has 0 heterocycles. The fourth-order valence-electron chi connectivity index (χ4n) is 1.38. The number of hydrogen-bond acceptors (Lipinski definition) is 3.